The van der Waals surface area contributed by atoms with Gasteiger partial charge in [-0.05, 0) is 121 Å². The van der Waals surface area contributed by atoms with Crippen molar-refractivity contribution in [2.75, 3.05) is 67.7 Å². The summed E-state index contributed by atoms with van der Waals surface area (Å²) in [6.45, 7) is 7.12. The second-order valence-electron chi connectivity index (χ2n) is 20.7. The van der Waals surface area contributed by atoms with E-state index in [1.807, 2.05) is 72.0 Å². The molecule has 3 fully saturated rings. The number of carbonyl (C=O) groups excluding carboxylic acids is 1. The lowest BCUT2D eigenvalue weighted by Crippen LogP contribution is -2.38. The number of fused-ring (bicyclic) bond motifs is 3. The number of anilines is 3. The monoisotopic (exact) mass is 1360 g/mol. The molecular weight excluding hydrogens is 1300 g/mol. The lowest BCUT2D eigenvalue weighted by atomic mass is 9.94. The average Bonchev–Trinajstić information content (AvgIpc) is 4.14. The Morgan fingerprint density at radius 2 is 0.904 bits per heavy atom. The number of pyridine rings is 3. The van der Waals surface area contributed by atoms with Crippen LogP contribution in [-0.2, 0) is 44.5 Å². The van der Waals surface area contributed by atoms with Gasteiger partial charge in [0.1, 0.15) is 17.5 Å². The predicted octanol–water partition coefficient (Wildman–Crippen LogP) is 8.50. The molecule has 9 aromatic heterocycles. The van der Waals surface area contributed by atoms with E-state index in [1.54, 1.807) is 66.3 Å². The Morgan fingerprint density at radius 3 is 1.28 bits per heavy atom. The van der Waals surface area contributed by atoms with Crippen LogP contribution in [0.5, 0.6) is 0 Å². The highest BCUT2D eigenvalue weighted by Gasteiger charge is 2.31. The van der Waals surface area contributed by atoms with Gasteiger partial charge in [0.25, 0.3) is 0 Å². The average molecular weight is 1360 g/mol. The van der Waals surface area contributed by atoms with Crippen molar-refractivity contribution in [1.82, 2.24) is 72.3 Å². The molecule has 0 spiro atoms. The number of amides is 1. The largest absolute Gasteiger partial charge is 0.366 e. The Balaban J connectivity index is 0.000000139. The van der Waals surface area contributed by atoms with Crippen LogP contribution in [0.2, 0.25) is 0 Å². The minimum atomic E-state index is -3.21. The van der Waals surface area contributed by atoms with Crippen LogP contribution in [0, 0.1) is 0 Å². The van der Waals surface area contributed by atoms with Gasteiger partial charge in [-0.25, -0.2) is 40.4 Å². The van der Waals surface area contributed by atoms with Crippen LogP contribution in [-0.4, -0.2) is 147 Å². The van der Waals surface area contributed by atoms with Crippen molar-refractivity contribution < 1.29 is 21.6 Å². The molecule has 23 nitrogen and oxygen atoms in total. The van der Waals surface area contributed by atoms with Crippen LogP contribution in [0.1, 0.15) is 97.0 Å². The van der Waals surface area contributed by atoms with Crippen molar-refractivity contribution in [3.05, 3.63) is 158 Å². The summed E-state index contributed by atoms with van der Waals surface area (Å²) >= 11 is 10.6. The fourth-order valence-corrected chi connectivity index (χ4v) is 13.3. The summed E-state index contributed by atoms with van der Waals surface area (Å²) in [5.74, 6) is 3.16. The number of piperidine rings is 3. The first-order valence-corrected chi connectivity index (χ1v) is 33.2. The van der Waals surface area contributed by atoms with Gasteiger partial charge in [0.2, 0.25) is 26.0 Å². The number of rotatable bonds is 14. The van der Waals surface area contributed by atoms with Crippen LogP contribution in [0.3, 0.4) is 0 Å². The Hall–Kier alpha value is -6.56. The number of likely N-dealkylation sites (tertiary alicyclic amines) is 1. The van der Waals surface area contributed by atoms with E-state index in [-0.39, 0.29) is 23.7 Å². The molecule has 2 unspecified atom stereocenters. The zero-order chi connectivity index (χ0) is 58.3. The molecule has 0 radical (unpaired) electrons. The van der Waals surface area contributed by atoms with Crippen LogP contribution in [0.15, 0.2) is 124 Å². The van der Waals surface area contributed by atoms with E-state index in [0.29, 0.717) is 58.0 Å². The molecule has 3 aliphatic heterocycles. The number of hydrogen-bond acceptors (Lipinski definition) is 17. The summed E-state index contributed by atoms with van der Waals surface area (Å²) in [5, 5.41) is 23.5. The number of halogens is 3. The standard InChI is InChI=1S/C19H21BrN6O.2C18H21BrN6O2S/c1-13(27)25-7-3-5-15(12-25)17-8-18(22-10-14-4-2-6-21-9-14)26-19(24-17)16(20)11-23-26;1-28(26,27)24-7-3-5-14(12-24)16-8-17(21-10-13-4-2-6-20-9-13)25-18(23-16)15(19)11-22-25;1-28(26,27)24-7-4-14(5-8-24)16-9-17(21-11-13-3-2-6-20-10-13)25-18(23-16)15(19)12-22-25/h2,4,6,8-9,11,15,22H,3,5,7,10,12H2,1H3;2,4,6,8-9,11,14,21H,3,5,7,10,12H2,1H3;2-3,6,9-10,12,14,21H,4-5,7-8,11H2,1H3. The topological polar surface area (TPSA) is 260 Å². The Bertz CT molecular complexity index is 3930. The molecule has 28 heteroatoms. The van der Waals surface area contributed by atoms with Crippen molar-refractivity contribution >= 4 is 108 Å². The first-order chi connectivity index (χ1) is 39.9. The molecule has 436 valence electrons. The number of aromatic nitrogens is 12. The van der Waals surface area contributed by atoms with Gasteiger partial charge in [0.15, 0.2) is 16.9 Å². The van der Waals surface area contributed by atoms with Gasteiger partial charge in [-0.2, -0.15) is 28.8 Å². The van der Waals surface area contributed by atoms with Crippen molar-refractivity contribution in [2.45, 2.75) is 82.8 Å². The number of sulfonamides is 2. The predicted molar refractivity (Wildman–Crippen MR) is 328 cm³/mol. The molecule has 0 aromatic carbocycles. The van der Waals surface area contributed by atoms with Gasteiger partial charge in [-0.3, -0.25) is 19.7 Å². The molecule has 3 aliphatic rings. The smallest absolute Gasteiger partial charge is 0.219 e. The third-order valence-electron chi connectivity index (χ3n) is 14.8. The number of hydrogen-bond donors (Lipinski definition) is 3. The summed E-state index contributed by atoms with van der Waals surface area (Å²) in [6.07, 6.45) is 23.7. The summed E-state index contributed by atoms with van der Waals surface area (Å²) in [7, 11) is -6.35. The third-order valence-corrected chi connectivity index (χ3v) is 19.1. The summed E-state index contributed by atoms with van der Waals surface area (Å²) in [5.41, 5.74) is 8.27. The highest BCUT2D eigenvalue weighted by Crippen LogP contribution is 2.34. The summed E-state index contributed by atoms with van der Waals surface area (Å²) < 4.78 is 58.4. The van der Waals surface area contributed by atoms with E-state index in [2.05, 4.69) is 100 Å². The first kappa shape index (κ1) is 59.6. The highest BCUT2D eigenvalue weighted by atomic mass is 79.9. The van der Waals surface area contributed by atoms with Gasteiger partial charge >= 0.3 is 0 Å². The number of nitrogens with zero attached hydrogens (tertiary/aromatic N) is 15. The van der Waals surface area contributed by atoms with Gasteiger partial charge in [-0.15, -0.1) is 0 Å². The molecule has 2 atom stereocenters. The second kappa shape index (κ2) is 26.6. The Kier molecular flexibility index (Phi) is 19.1. The zero-order valence-corrected chi connectivity index (χ0v) is 52.3. The molecule has 3 saturated heterocycles. The minimum absolute atomic E-state index is 0.0502. The normalized spacial score (nSPS) is 17.4. The molecule has 0 saturated carbocycles. The molecular formula is C55H63Br3N18O5S2. The minimum Gasteiger partial charge on any atom is -0.366 e. The maximum Gasteiger partial charge on any atom is 0.219 e. The number of nitrogens with one attached hydrogen (secondary N) is 3. The molecule has 12 rings (SSSR count). The van der Waals surface area contributed by atoms with Crippen molar-refractivity contribution in [3.8, 4) is 0 Å². The molecule has 0 bridgehead atoms. The Morgan fingerprint density at radius 1 is 0.518 bits per heavy atom. The van der Waals surface area contributed by atoms with E-state index in [4.69, 9.17) is 15.0 Å². The first-order valence-electron chi connectivity index (χ1n) is 27.1. The molecule has 3 N–H and O–H groups in total. The Labute approximate surface area is 506 Å². The van der Waals surface area contributed by atoms with E-state index < -0.39 is 20.0 Å². The summed E-state index contributed by atoms with van der Waals surface area (Å²) in [4.78, 5) is 40.5. The lowest BCUT2D eigenvalue weighted by Gasteiger charge is -2.32. The van der Waals surface area contributed by atoms with Crippen LogP contribution in [0.25, 0.3) is 16.9 Å². The van der Waals surface area contributed by atoms with Gasteiger partial charge in [-0.1, -0.05) is 18.2 Å². The summed E-state index contributed by atoms with van der Waals surface area (Å²) in [6, 6.07) is 17.8. The third kappa shape index (κ3) is 14.9. The molecule has 0 aliphatic carbocycles. The van der Waals surface area contributed by atoms with Crippen LogP contribution >= 0.6 is 47.8 Å². The van der Waals surface area contributed by atoms with E-state index in [0.717, 1.165) is 121 Å². The van der Waals surface area contributed by atoms with Crippen LogP contribution < -0.4 is 16.0 Å². The van der Waals surface area contributed by atoms with Gasteiger partial charge in [0, 0.05) is 145 Å². The van der Waals surface area contributed by atoms with E-state index in [1.165, 1.54) is 12.5 Å². The highest BCUT2D eigenvalue weighted by molar-refractivity contribution is 9.11. The maximum atomic E-state index is 12.0. The van der Waals surface area contributed by atoms with Crippen molar-refractivity contribution in [1.29, 1.82) is 0 Å². The molecule has 83 heavy (non-hydrogen) atoms. The SMILES string of the molecule is CC(=O)N1CCCC(c2cc(NCc3cccnc3)n3ncc(Br)c3n2)C1.CS(=O)(=O)N1CCC(c2cc(NCc3cccnc3)n3ncc(Br)c3n2)CC1.CS(=O)(=O)N1CCCC(c2cc(NCc3cccnc3)n3ncc(Br)c3n2)C1. The van der Waals surface area contributed by atoms with Gasteiger partial charge in [0.05, 0.1) is 55.9 Å². The zero-order valence-electron chi connectivity index (χ0n) is 45.9. The maximum absolute atomic E-state index is 12.0. The molecule has 12 heterocycles. The van der Waals surface area contributed by atoms with Crippen molar-refractivity contribution in [3.63, 3.8) is 0 Å². The molecule has 1 amide bonds. The fourth-order valence-electron chi connectivity index (χ4n) is 10.4. The van der Waals surface area contributed by atoms with Crippen LogP contribution in [0.4, 0.5) is 17.5 Å². The van der Waals surface area contributed by atoms with E-state index in [9.17, 15) is 21.6 Å². The quantitative estimate of drug-likeness (QED) is 0.0921. The van der Waals surface area contributed by atoms with E-state index >= 15 is 0 Å². The van der Waals surface area contributed by atoms with Crippen molar-refractivity contribution in [2.24, 2.45) is 0 Å². The lowest BCUT2D eigenvalue weighted by molar-refractivity contribution is -0.130. The van der Waals surface area contributed by atoms with Gasteiger partial charge < -0.3 is 20.9 Å². The number of carbonyl (C=O) groups is 1. The fraction of sp³-hybridized carbons (Fsp3) is 0.382. The molecule has 9 aromatic rings. The second-order valence-corrected chi connectivity index (χ2v) is 27.3.